The van der Waals surface area contributed by atoms with Crippen LogP contribution in [-0.4, -0.2) is 4.57 Å². The highest BCUT2D eigenvalue weighted by Gasteiger charge is 2.20. The lowest BCUT2D eigenvalue weighted by Crippen LogP contribution is -1.93. The number of para-hydroxylation sites is 1. The van der Waals surface area contributed by atoms with Crippen molar-refractivity contribution in [3.8, 4) is 5.69 Å². The Morgan fingerprint density at radius 3 is 2.03 bits per heavy atom. The first-order valence-corrected chi connectivity index (χ1v) is 11.6. The number of hydrogen-bond donors (Lipinski definition) is 0. The number of aromatic nitrogens is 1. The molecule has 0 aliphatic carbocycles. The van der Waals surface area contributed by atoms with E-state index >= 15 is 0 Å². The topological polar surface area (TPSA) is 18.1 Å². The average molecular weight is 434 g/mol. The lowest BCUT2D eigenvalue weighted by Gasteiger charge is -2.09. The monoisotopic (exact) mass is 433 g/mol. The fourth-order valence-electron chi connectivity index (χ4n) is 5.68. The Kier molecular flexibility index (Phi) is 3.42. The molecule has 0 unspecified atom stereocenters. The maximum absolute atomic E-state index is 6.28. The highest BCUT2D eigenvalue weighted by atomic mass is 16.3. The van der Waals surface area contributed by atoms with Crippen LogP contribution in [0.25, 0.3) is 71.0 Å². The van der Waals surface area contributed by atoms with E-state index in [2.05, 4.69) is 114 Å². The summed E-state index contributed by atoms with van der Waals surface area (Å²) in [7, 11) is 0. The molecule has 0 saturated carbocycles. The van der Waals surface area contributed by atoms with Crippen molar-refractivity contribution in [3.05, 3.63) is 115 Å². The van der Waals surface area contributed by atoms with Crippen molar-refractivity contribution < 1.29 is 4.42 Å². The standard InChI is InChI=1S/C32H19NO/c1-2-9-22-19-23(15-13-20(22)7-1)33-26-16-14-21-8-3-4-10-24(21)30(26)32-27(33)17-18-29-31(32)25-11-5-6-12-28(25)34-29/h1-19H. The molecule has 8 aromatic rings. The smallest absolute Gasteiger partial charge is 0.136 e. The van der Waals surface area contributed by atoms with Gasteiger partial charge in [0.05, 0.1) is 11.0 Å². The third kappa shape index (κ3) is 2.29. The molecule has 0 aliphatic heterocycles. The van der Waals surface area contributed by atoms with Gasteiger partial charge in [0.25, 0.3) is 0 Å². The van der Waals surface area contributed by atoms with E-state index in [9.17, 15) is 0 Å². The molecule has 2 aromatic heterocycles. The minimum Gasteiger partial charge on any atom is -0.456 e. The molecule has 0 amide bonds. The quantitative estimate of drug-likeness (QED) is 0.253. The van der Waals surface area contributed by atoms with Crippen LogP contribution in [0.1, 0.15) is 0 Å². The minimum atomic E-state index is 0.928. The zero-order valence-electron chi connectivity index (χ0n) is 18.3. The Balaban J connectivity index is 1.65. The average Bonchev–Trinajstić information content (AvgIpc) is 3.44. The van der Waals surface area contributed by atoms with Crippen molar-refractivity contribution in [2.24, 2.45) is 0 Å². The van der Waals surface area contributed by atoms with Crippen LogP contribution in [0, 0.1) is 0 Å². The zero-order valence-corrected chi connectivity index (χ0v) is 18.3. The van der Waals surface area contributed by atoms with Crippen LogP contribution in [0.15, 0.2) is 120 Å². The molecule has 0 aliphatic rings. The molecule has 158 valence electrons. The van der Waals surface area contributed by atoms with Gasteiger partial charge in [0.2, 0.25) is 0 Å². The van der Waals surface area contributed by atoms with Gasteiger partial charge in [-0.3, -0.25) is 0 Å². The summed E-state index contributed by atoms with van der Waals surface area (Å²) >= 11 is 0. The minimum absolute atomic E-state index is 0.928. The predicted octanol–water partition coefficient (Wildman–Crippen LogP) is 8.99. The number of rotatable bonds is 1. The molecule has 0 N–H and O–H groups in total. The van der Waals surface area contributed by atoms with Crippen molar-refractivity contribution in [2.75, 3.05) is 0 Å². The molecule has 8 rings (SSSR count). The highest BCUT2D eigenvalue weighted by molar-refractivity contribution is 6.32. The molecule has 0 atom stereocenters. The molecular weight excluding hydrogens is 414 g/mol. The molecule has 0 bridgehead atoms. The lowest BCUT2D eigenvalue weighted by atomic mass is 10.0. The summed E-state index contributed by atoms with van der Waals surface area (Å²) in [5, 5.41) is 9.88. The van der Waals surface area contributed by atoms with Gasteiger partial charge in [0.15, 0.2) is 0 Å². The third-order valence-electron chi connectivity index (χ3n) is 7.15. The fraction of sp³-hybridized carbons (Fsp3) is 0. The Morgan fingerprint density at radius 2 is 1.12 bits per heavy atom. The summed E-state index contributed by atoms with van der Waals surface area (Å²) in [6, 6.07) is 41.2. The highest BCUT2D eigenvalue weighted by Crippen LogP contribution is 2.43. The molecule has 34 heavy (non-hydrogen) atoms. The van der Waals surface area contributed by atoms with Crippen LogP contribution >= 0.6 is 0 Å². The van der Waals surface area contributed by atoms with Crippen LogP contribution in [0.5, 0.6) is 0 Å². The summed E-state index contributed by atoms with van der Waals surface area (Å²) in [6.45, 7) is 0. The van der Waals surface area contributed by atoms with Gasteiger partial charge in [-0.05, 0) is 57.9 Å². The van der Waals surface area contributed by atoms with Gasteiger partial charge in [0.1, 0.15) is 11.2 Å². The van der Waals surface area contributed by atoms with E-state index in [1.54, 1.807) is 0 Å². The first-order chi connectivity index (χ1) is 16.9. The van der Waals surface area contributed by atoms with Crippen molar-refractivity contribution >= 4 is 65.3 Å². The van der Waals surface area contributed by atoms with Gasteiger partial charge in [0, 0.05) is 27.2 Å². The Bertz CT molecular complexity index is 2070. The normalized spacial score (nSPS) is 12.1. The van der Waals surface area contributed by atoms with Crippen molar-refractivity contribution in [3.63, 3.8) is 0 Å². The number of benzene rings is 6. The van der Waals surface area contributed by atoms with Gasteiger partial charge in [-0.15, -0.1) is 0 Å². The van der Waals surface area contributed by atoms with Gasteiger partial charge in [-0.1, -0.05) is 78.9 Å². The summed E-state index contributed by atoms with van der Waals surface area (Å²) in [5.74, 6) is 0. The van der Waals surface area contributed by atoms with Gasteiger partial charge < -0.3 is 8.98 Å². The zero-order chi connectivity index (χ0) is 22.2. The van der Waals surface area contributed by atoms with Crippen LogP contribution < -0.4 is 0 Å². The largest absolute Gasteiger partial charge is 0.456 e. The van der Waals surface area contributed by atoms with Crippen LogP contribution in [0.3, 0.4) is 0 Å². The lowest BCUT2D eigenvalue weighted by molar-refractivity contribution is 0.669. The molecular formula is C32H19NO. The van der Waals surface area contributed by atoms with Crippen molar-refractivity contribution in [1.29, 1.82) is 0 Å². The second-order valence-corrected chi connectivity index (χ2v) is 8.98. The van der Waals surface area contributed by atoms with E-state index in [1.807, 2.05) is 6.07 Å². The maximum atomic E-state index is 6.28. The number of furan rings is 1. The summed E-state index contributed by atoms with van der Waals surface area (Å²) in [4.78, 5) is 0. The van der Waals surface area contributed by atoms with Crippen LogP contribution in [-0.2, 0) is 0 Å². The molecule has 0 fully saturated rings. The Hall–Kier alpha value is -4.56. The SMILES string of the molecule is c1ccc2cc(-n3c4ccc5ccccc5c4c4c5c(ccc43)oc3ccccc35)ccc2c1. The van der Waals surface area contributed by atoms with E-state index in [4.69, 9.17) is 4.42 Å². The fourth-order valence-corrected chi connectivity index (χ4v) is 5.68. The molecule has 2 heteroatoms. The second-order valence-electron chi connectivity index (χ2n) is 8.98. The van der Waals surface area contributed by atoms with Crippen molar-refractivity contribution in [1.82, 2.24) is 4.57 Å². The summed E-state index contributed by atoms with van der Waals surface area (Å²) in [6.07, 6.45) is 0. The van der Waals surface area contributed by atoms with E-state index in [0.29, 0.717) is 0 Å². The van der Waals surface area contributed by atoms with E-state index < -0.39 is 0 Å². The van der Waals surface area contributed by atoms with E-state index in [-0.39, 0.29) is 0 Å². The second kappa shape index (κ2) is 6.49. The molecule has 6 aromatic carbocycles. The van der Waals surface area contributed by atoms with E-state index in [1.165, 1.54) is 54.4 Å². The Morgan fingerprint density at radius 1 is 0.441 bits per heavy atom. The van der Waals surface area contributed by atoms with Gasteiger partial charge >= 0.3 is 0 Å². The van der Waals surface area contributed by atoms with E-state index in [0.717, 1.165) is 16.6 Å². The molecule has 2 heterocycles. The summed E-state index contributed by atoms with van der Waals surface area (Å²) in [5.41, 5.74) is 5.43. The van der Waals surface area contributed by atoms with Gasteiger partial charge in [-0.2, -0.15) is 0 Å². The number of fused-ring (bicyclic) bond motifs is 10. The summed E-state index contributed by atoms with van der Waals surface area (Å²) < 4.78 is 8.69. The molecule has 0 radical (unpaired) electrons. The maximum Gasteiger partial charge on any atom is 0.136 e. The van der Waals surface area contributed by atoms with Crippen LogP contribution in [0.2, 0.25) is 0 Å². The molecule has 0 spiro atoms. The van der Waals surface area contributed by atoms with Crippen molar-refractivity contribution in [2.45, 2.75) is 0 Å². The molecule has 2 nitrogen and oxygen atoms in total. The number of hydrogen-bond acceptors (Lipinski definition) is 1. The first kappa shape index (κ1) is 17.9. The van der Waals surface area contributed by atoms with Crippen LogP contribution in [0.4, 0.5) is 0 Å². The predicted molar refractivity (Wildman–Crippen MR) is 143 cm³/mol. The first-order valence-electron chi connectivity index (χ1n) is 11.6. The molecule has 0 saturated heterocycles. The third-order valence-corrected chi connectivity index (χ3v) is 7.15. The number of nitrogens with zero attached hydrogens (tertiary/aromatic N) is 1. The Labute approximate surface area is 195 Å². The van der Waals surface area contributed by atoms with Gasteiger partial charge in [-0.25, -0.2) is 0 Å².